The molecule has 0 aliphatic rings. The molecule has 0 aromatic heterocycles. The Morgan fingerprint density at radius 2 is 0.839 bits per heavy atom. The molecule has 187 valence electrons. The zero-order chi connectivity index (χ0) is 22.8. The molecule has 2 atom stereocenters. The van der Waals surface area contributed by atoms with Crippen molar-refractivity contribution in [1.82, 2.24) is 0 Å². The van der Waals surface area contributed by atoms with E-state index in [9.17, 15) is 5.11 Å². The normalized spacial score (nSPS) is 13.5. The Morgan fingerprint density at radius 1 is 0.452 bits per heavy atom. The van der Waals surface area contributed by atoms with Gasteiger partial charge in [-0.3, -0.25) is 0 Å². The summed E-state index contributed by atoms with van der Waals surface area (Å²) >= 11 is 0. The molecule has 0 aromatic rings. The fourth-order valence-corrected chi connectivity index (χ4v) is 4.45. The van der Waals surface area contributed by atoms with Crippen LogP contribution in [0.15, 0.2) is 0 Å². The molecule has 0 amide bonds. The SMILES string of the molecule is CCCCCCCCCCCCCOC(CCCC)C([O])CCCCCCCCCC. The lowest BCUT2D eigenvalue weighted by atomic mass is 10.0. The molecule has 2 nitrogen and oxygen atoms in total. The molecule has 0 aromatic carbocycles. The van der Waals surface area contributed by atoms with Crippen molar-refractivity contribution in [1.29, 1.82) is 0 Å². The molecule has 0 aliphatic carbocycles. The zero-order valence-corrected chi connectivity index (χ0v) is 21.9. The first-order valence-corrected chi connectivity index (χ1v) is 14.5. The predicted octanol–water partition coefficient (Wildman–Crippen LogP) is 10.2. The molecule has 1 radical (unpaired) electrons. The van der Waals surface area contributed by atoms with Crippen LogP contribution in [0, 0.1) is 0 Å². The van der Waals surface area contributed by atoms with Crippen LogP contribution in [0.4, 0.5) is 0 Å². The molecule has 2 heteroatoms. The largest absolute Gasteiger partial charge is 0.375 e. The van der Waals surface area contributed by atoms with E-state index in [2.05, 4.69) is 20.8 Å². The number of hydrogen-bond donors (Lipinski definition) is 0. The molecule has 0 rings (SSSR count). The van der Waals surface area contributed by atoms with Crippen LogP contribution < -0.4 is 0 Å². The van der Waals surface area contributed by atoms with Crippen molar-refractivity contribution < 1.29 is 9.84 Å². The number of hydrogen-bond acceptors (Lipinski definition) is 1. The summed E-state index contributed by atoms with van der Waals surface area (Å²) < 4.78 is 6.10. The van der Waals surface area contributed by atoms with Crippen molar-refractivity contribution in [3.05, 3.63) is 0 Å². The van der Waals surface area contributed by atoms with Crippen LogP contribution in [0.2, 0.25) is 0 Å². The van der Waals surface area contributed by atoms with E-state index in [1.807, 2.05) is 0 Å². The fraction of sp³-hybridized carbons (Fsp3) is 1.00. The van der Waals surface area contributed by atoms with Crippen LogP contribution in [0.3, 0.4) is 0 Å². The fourth-order valence-electron chi connectivity index (χ4n) is 4.45. The molecule has 0 heterocycles. The van der Waals surface area contributed by atoms with Crippen LogP contribution >= 0.6 is 0 Å². The maximum Gasteiger partial charge on any atom is 0.119 e. The lowest BCUT2D eigenvalue weighted by molar-refractivity contribution is -0.0761. The van der Waals surface area contributed by atoms with E-state index >= 15 is 0 Å². The van der Waals surface area contributed by atoms with Crippen LogP contribution in [0.5, 0.6) is 0 Å². The maximum absolute atomic E-state index is 12.7. The van der Waals surface area contributed by atoms with Crippen molar-refractivity contribution in [3.63, 3.8) is 0 Å². The lowest BCUT2D eigenvalue weighted by Gasteiger charge is -2.22. The van der Waals surface area contributed by atoms with Crippen molar-refractivity contribution in [2.45, 2.75) is 181 Å². The quantitative estimate of drug-likeness (QED) is 0.123. The first-order valence-electron chi connectivity index (χ1n) is 14.5. The van der Waals surface area contributed by atoms with Gasteiger partial charge in [-0.1, -0.05) is 149 Å². The second kappa shape index (κ2) is 26.2. The molecule has 0 bridgehead atoms. The van der Waals surface area contributed by atoms with E-state index in [4.69, 9.17) is 4.74 Å². The highest BCUT2D eigenvalue weighted by molar-refractivity contribution is 4.69. The van der Waals surface area contributed by atoms with Gasteiger partial charge in [-0.25, -0.2) is 5.11 Å². The summed E-state index contributed by atoms with van der Waals surface area (Å²) in [7, 11) is 0. The van der Waals surface area contributed by atoms with Crippen molar-refractivity contribution >= 4 is 0 Å². The van der Waals surface area contributed by atoms with Crippen molar-refractivity contribution in [2.24, 2.45) is 0 Å². The molecule has 0 N–H and O–H groups in total. The van der Waals surface area contributed by atoms with Gasteiger partial charge in [-0.15, -0.1) is 0 Å². The van der Waals surface area contributed by atoms with E-state index in [-0.39, 0.29) is 6.10 Å². The Morgan fingerprint density at radius 3 is 1.29 bits per heavy atom. The Balaban J connectivity index is 3.68. The van der Waals surface area contributed by atoms with E-state index in [0.717, 1.165) is 45.1 Å². The van der Waals surface area contributed by atoms with Crippen molar-refractivity contribution in [2.75, 3.05) is 6.61 Å². The summed E-state index contributed by atoms with van der Waals surface area (Å²) in [6.45, 7) is 7.55. The molecular formula is C29H59O2. The van der Waals surface area contributed by atoms with E-state index in [1.54, 1.807) is 0 Å². The predicted molar refractivity (Wildman–Crippen MR) is 137 cm³/mol. The third-order valence-electron chi connectivity index (χ3n) is 6.68. The summed E-state index contributed by atoms with van der Waals surface area (Å²) in [5.74, 6) is 0. The Labute approximate surface area is 197 Å². The van der Waals surface area contributed by atoms with E-state index in [0.29, 0.717) is 0 Å². The minimum atomic E-state index is -0.514. The number of rotatable bonds is 26. The van der Waals surface area contributed by atoms with Crippen LogP contribution in [0.25, 0.3) is 0 Å². The molecule has 2 unspecified atom stereocenters. The molecule has 0 spiro atoms. The topological polar surface area (TPSA) is 29.1 Å². The van der Waals surface area contributed by atoms with Gasteiger partial charge >= 0.3 is 0 Å². The van der Waals surface area contributed by atoms with Gasteiger partial charge in [0, 0.05) is 6.61 Å². The Bertz CT molecular complexity index is 318. The minimum Gasteiger partial charge on any atom is -0.375 e. The molecular weight excluding hydrogens is 380 g/mol. The molecule has 0 saturated carbocycles. The van der Waals surface area contributed by atoms with Gasteiger partial charge in [0.15, 0.2) is 0 Å². The zero-order valence-electron chi connectivity index (χ0n) is 21.9. The average Bonchev–Trinajstić information content (AvgIpc) is 2.78. The highest BCUT2D eigenvalue weighted by Gasteiger charge is 2.20. The third-order valence-corrected chi connectivity index (χ3v) is 6.68. The summed E-state index contributed by atoms with van der Waals surface area (Å²) in [6, 6.07) is 0. The van der Waals surface area contributed by atoms with Crippen molar-refractivity contribution in [3.8, 4) is 0 Å². The monoisotopic (exact) mass is 439 g/mol. The van der Waals surface area contributed by atoms with Gasteiger partial charge in [0.2, 0.25) is 0 Å². The van der Waals surface area contributed by atoms with Gasteiger partial charge in [0.1, 0.15) is 6.10 Å². The number of ether oxygens (including phenoxy) is 1. The Hall–Kier alpha value is -0.0800. The molecule has 31 heavy (non-hydrogen) atoms. The smallest absolute Gasteiger partial charge is 0.119 e. The summed E-state index contributed by atoms with van der Waals surface area (Å²) in [4.78, 5) is 0. The lowest BCUT2D eigenvalue weighted by Crippen LogP contribution is -2.28. The van der Waals surface area contributed by atoms with Gasteiger partial charge in [-0.05, 0) is 19.3 Å². The summed E-state index contributed by atoms with van der Waals surface area (Å²) in [6.07, 6.45) is 28.8. The van der Waals surface area contributed by atoms with Gasteiger partial charge in [0.25, 0.3) is 0 Å². The maximum atomic E-state index is 12.7. The first-order chi connectivity index (χ1) is 15.3. The van der Waals surface area contributed by atoms with Crippen LogP contribution in [-0.2, 0) is 9.84 Å². The summed E-state index contributed by atoms with van der Waals surface area (Å²) in [5, 5.41) is 12.7. The highest BCUT2D eigenvalue weighted by atomic mass is 16.5. The second-order valence-electron chi connectivity index (χ2n) is 9.89. The summed E-state index contributed by atoms with van der Waals surface area (Å²) in [5.41, 5.74) is 0. The van der Waals surface area contributed by atoms with Gasteiger partial charge in [0.05, 0.1) is 6.10 Å². The highest BCUT2D eigenvalue weighted by Crippen LogP contribution is 2.18. The molecule has 0 aliphatic heterocycles. The van der Waals surface area contributed by atoms with Crippen LogP contribution in [0.1, 0.15) is 168 Å². The minimum absolute atomic E-state index is 0.0485. The molecule has 0 fully saturated rings. The van der Waals surface area contributed by atoms with Crippen LogP contribution in [-0.4, -0.2) is 18.8 Å². The Kier molecular flexibility index (Phi) is 26.1. The third kappa shape index (κ3) is 22.9. The second-order valence-corrected chi connectivity index (χ2v) is 9.89. The van der Waals surface area contributed by atoms with Gasteiger partial charge < -0.3 is 4.74 Å². The number of unbranched alkanes of at least 4 members (excludes halogenated alkanes) is 18. The average molecular weight is 440 g/mol. The first kappa shape index (κ1) is 30.9. The van der Waals surface area contributed by atoms with E-state index < -0.39 is 6.10 Å². The molecule has 0 saturated heterocycles. The van der Waals surface area contributed by atoms with Gasteiger partial charge in [-0.2, -0.15) is 0 Å². The standard InChI is InChI=1S/C29H59O2/c1-4-7-10-12-14-16-17-18-20-22-24-27-31-29(26-9-6-3)28(30)25-23-21-19-15-13-11-8-5-2/h28-29H,4-27H2,1-3H3. The van der Waals surface area contributed by atoms with E-state index in [1.165, 1.54) is 109 Å².